The number of fused-ring (bicyclic) bond motifs is 4. The van der Waals surface area contributed by atoms with Crippen molar-refractivity contribution in [3.63, 3.8) is 0 Å². The van der Waals surface area contributed by atoms with Crippen LogP contribution in [0, 0.1) is 11.3 Å². The van der Waals surface area contributed by atoms with Gasteiger partial charge in [0.2, 0.25) is 0 Å². The first kappa shape index (κ1) is 10.4. The molecule has 0 aromatic rings. The van der Waals surface area contributed by atoms with Crippen molar-refractivity contribution < 1.29 is 0 Å². The standard InChI is InChI=1S/C12H24N2/c13-8-2-1-5-12-6-3-11(4-7-12)9-14-10-12/h11,14H,1-10,13H2. The fraction of sp³-hybridized carbons (Fsp3) is 1.00. The normalized spacial score (nSPS) is 37.1. The molecule has 0 radical (unpaired) electrons. The van der Waals surface area contributed by atoms with Gasteiger partial charge in [0.15, 0.2) is 0 Å². The first-order valence-corrected chi connectivity index (χ1v) is 6.25. The molecular weight excluding hydrogens is 172 g/mol. The van der Waals surface area contributed by atoms with E-state index in [1.807, 2.05) is 0 Å². The van der Waals surface area contributed by atoms with E-state index in [4.69, 9.17) is 5.73 Å². The van der Waals surface area contributed by atoms with Gasteiger partial charge in [-0.3, -0.25) is 0 Å². The van der Waals surface area contributed by atoms with Gasteiger partial charge in [0.05, 0.1) is 0 Å². The average Bonchev–Trinajstić information content (AvgIpc) is 2.52. The number of nitrogens with two attached hydrogens (primary N) is 1. The summed E-state index contributed by atoms with van der Waals surface area (Å²) in [6, 6.07) is 0. The molecule has 1 saturated carbocycles. The van der Waals surface area contributed by atoms with Gasteiger partial charge < -0.3 is 11.1 Å². The van der Waals surface area contributed by atoms with E-state index in [2.05, 4.69) is 5.32 Å². The summed E-state index contributed by atoms with van der Waals surface area (Å²) >= 11 is 0. The molecule has 2 saturated heterocycles. The van der Waals surface area contributed by atoms with E-state index < -0.39 is 0 Å². The zero-order chi connectivity index (χ0) is 9.86. The second kappa shape index (κ2) is 4.63. The largest absolute Gasteiger partial charge is 0.330 e. The first-order chi connectivity index (χ1) is 6.85. The van der Waals surface area contributed by atoms with Crippen molar-refractivity contribution in [2.45, 2.75) is 44.9 Å². The van der Waals surface area contributed by atoms with Crippen LogP contribution in [0.3, 0.4) is 0 Å². The molecule has 2 bridgehead atoms. The van der Waals surface area contributed by atoms with Gasteiger partial charge in [0.25, 0.3) is 0 Å². The molecule has 14 heavy (non-hydrogen) atoms. The van der Waals surface area contributed by atoms with Crippen LogP contribution < -0.4 is 11.1 Å². The molecule has 1 aliphatic carbocycles. The highest BCUT2D eigenvalue weighted by atomic mass is 14.9. The molecule has 0 aromatic carbocycles. The number of hydrogen-bond donors (Lipinski definition) is 2. The fourth-order valence-electron chi connectivity index (χ4n) is 3.20. The monoisotopic (exact) mass is 196 g/mol. The Labute approximate surface area is 87.6 Å². The summed E-state index contributed by atoms with van der Waals surface area (Å²) in [5.74, 6) is 0.986. The Bertz CT molecular complexity index is 166. The van der Waals surface area contributed by atoms with Gasteiger partial charge >= 0.3 is 0 Å². The van der Waals surface area contributed by atoms with E-state index >= 15 is 0 Å². The minimum Gasteiger partial charge on any atom is -0.330 e. The Balaban J connectivity index is 1.86. The molecule has 2 aliphatic heterocycles. The van der Waals surface area contributed by atoms with Gasteiger partial charge in [-0.15, -0.1) is 0 Å². The summed E-state index contributed by atoms with van der Waals surface area (Å²) in [6.45, 7) is 3.42. The van der Waals surface area contributed by atoms with Gasteiger partial charge in [-0.25, -0.2) is 0 Å². The zero-order valence-electron chi connectivity index (χ0n) is 9.23. The lowest BCUT2D eigenvalue weighted by molar-refractivity contribution is 0.167. The van der Waals surface area contributed by atoms with Crippen LogP contribution >= 0.6 is 0 Å². The molecule has 2 heterocycles. The van der Waals surface area contributed by atoms with Crippen molar-refractivity contribution >= 4 is 0 Å². The highest BCUT2D eigenvalue weighted by molar-refractivity contribution is 4.91. The summed E-state index contributed by atoms with van der Waals surface area (Å²) in [7, 11) is 0. The molecule has 82 valence electrons. The van der Waals surface area contributed by atoms with E-state index in [1.165, 1.54) is 58.0 Å². The van der Waals surface area contributed by atoms with Gasteiger partial charge in [0, 0.05) is 6.54 Å². The van der Waals surface area contributed by atoms with E-state index in [0.29, 0.717) is 5.41 Å². The second-order valence-electron chi connectivity index (χ2n) is 5.32. The highest BCUT2D eigenvalue weighted by Crippen LogP contribution is 2.43. The van der Waals surface area contributed by atoms with Crippen molar-refractivity contribution in [3.8, 4) is 0 Å². The Hall–Kier alpha value is -0.0800. The third-order valence-electron chi connectivity index (χ3n) is 4.26. The lowest BCUT2D eigenvalue weighted by Gasteiger charge is -2.36. The predicted octanol–water partition coefficient (Wildman–Crippen LogP) is 1.90. The Morgan fingerprint density at radius 2 is 2.00 bits per heavy atom. The van der Waals surface area contributed by atoms with Gasteiger partial charge in [0.1, 0.15) is 0 Å². The van der Waals surface area contributed by atoms with E-state index in [9.17, 15) is 0 Å². The second-order valence-corrected chi connectivity index (χ2v) is 5.32. The van der Waals surface area contributed by atoms with E-state index in [1.54, 1.807) is 0 Å². The van der Waals surface area contributed by atoms with Crippen molar-refractivity contribution in [3.05, 3.63) is 0 Å². The minimum atomic E-state index is 0.655. The summed E-state index contributed by atoms with van der Waals surface area (Å²) in [6.07, 6.45) is 9.83. The summed E-state index contributed by atoms with van der Waals surface area (Å²) in [5, 5.41) is 3.65. The topological polar surface area (TPSA) is 38.0 Å². The molecule has 0 spiro atoms. The minimum absolute atomic E-state index is 0.655. The van der Waals surface area contributed by atoms with E-state index in [-0.39, 0.29) is 0 Å². The maximum Gasteiger partial charge on any atom is 0.000792 e. The van der Waals surface area contributed by atoms with Crippen molar-refractivity contribution in [1.29, 1.82) is 0 Å². The van der Waals surface area contributed by atoms with Gasteiger partial charge in [-0.1, -0.05) is 6.42 Å². The SMILES string of the molecule is NCCCCC12CCC(CC1)CNC2. The molecule has 0 aromatic heterocycles. The quantitative estimate of drug-likeness (QED) is 0.674. The molecule has 0 unspecified atom stereocenters. The first-order valence-electron chi connectivity index (χ1n) is 6.25. The number of nitrogens with one attached hydrogen (secondary N) is 1. The smallest absolute Gasteiger partial charge is 0.000792 e. The third kappa shape index (κ3) is 2.29. The Morgan fingerprint density at radius 1 is 1.21 bits per heavy atom. The number of unbranched alkanes of at least 4 members (excludes halogenated alkanes) is 1. The van der Waals surface area contributed by atoms with Crippen LogP contribution in [0.25, 0.3) is 0 Å². The fourth-order valence-corrected chi connectivity index (χ4v) is 3.20. The molecule has 2 heteroatoms. The van der Waals surface area contributed by atoms with Gasteiger partial charge in [-0.05, 0) is 62.9 Å². The van der Waals surface area contributed by atoms with Crippen molar-refractivity contribution in [1.82, 2.24) is 5.32 Å². The maximum atomic E-state index is 5.55. The molecule has 3 rings (SSSR count). The molecule has 3 fully saturated rings. The Morgan fingerprint density at radius 3 is 2.71 bits per heavy atom. The summed E-state index contributed by atoms with van der Waals surface area (Å²) < 4.78 is 0. The maximum absolute atomic E-state index is 5.55. The highest BCUT2D eigenvalue weighted by Gasteiger charge is 2.36. The third-order valence-corrected chi connectivity index (χ3v) is 4.26. The van der Waals surface area contributed by atoms with E-state index in [0.717, 1.165) is 12.5 Å². The zero-order valence-corrected chi connectivity index (χ0v) is 9.23. The molecular formula is C12H24N2. The summed E-state index contributed by atoms with van der Waals surface area (Å²) in [5.41, 5.74) is 6.21. The lowest BCUT2D eigenvalue weighted by atomic mass is 9.69. The molecule has 3 aliphatic rings. The number of rotatable bonds is 4. The van der Waals surface area contributed by atoms with Crippen LogP contribution in [-0.4, -0.2) is 19.6 Å². The Kier molecular flexibility index (Phi) is 3.45. The van der Waals surface area contributed by atoms with Crippen LogP contribution in [0.4, 0.5) is 0 Å². The lowest BCUT2D eigenvalue weighted by Crippen LogP contribution is -2.31. The van der Waals surface area contributed by atoms with Gasteiger partial charge in [-0.2, -0.15) is 0 Å². The summed E-state index contributed by atoms with van der Waals surface area (Å²) in [4.78, 5) is 0. The average molecular weight is 196 g/mol. The van der Waals surface area contributed by atoms with Crippen LogP contribution in [0.2, 0.25) is 0 Å². The van der Waals surface area contributed by atoms with Crippen LogP contribution in [-0.2, 0) is 0 Å². The molecule has 2 nitrogen and oxygen atoms in total. The predicted molar refractivity (Wildman–Crippen MR) is 60.2 cm³/mol. The molecule has 0 atom stereocenters. The number of hydrogen-bond acceptors (Lipinski definition) is 2. The van der Waals surface area contributed by atoms with Crippen LogP contribution in [0.5, 0.6) is 0 Å². The molecule has 3 N–H and O–H groups in total. The van der Waals surface area contributed by atoms with Crippen molar-refractivity contribution in [2.75, 3.05) is 19.6 Å². The van der Waals surface area contributed by atoms with Crippen molar-refractivity contribution in [2.24, 2.45) is 17.1 Å². The van der Waals surface area contributed by atoms with Crippen LogP contribution in [0.15, 0.2) is 0 Å². The van der Waals surface area contributed by atoms with Crippen LogP contribution in [0.1, 0.15) is 44.9 Å². The molecule has 0 amide bonds.